The second-order valence-electron chi connectivity index (χ2n) is 6.65. The lowest BCUT2D eigenvalue weighted by atomic mass is 9.77. The van der Waals surface area contributed by atoms with E-state index < -0.39 is 0 Å². The maximum Gasteiger partial charge on any atom is 0.494 e. The van der Waals surface area contributed by atoms with Crippen LogP contribution in [0.4, 0.5) is 0 Å². The minimum absolute atomic E-state index is 0.166. The number of rotatable bonds is 3. The summed E-state index contributed by atoms with van der Waals surface area (Å²) < 4.78 is 12.1. The van der Waals surface area contributed by atoms with Gasteiger partial charge in [-0.3, -0.25) is 4.79 Å². The Labute approximate surface area is 121 Å². The van der Waals surface area contributed by atoms with E-state index in [1.165, 1.54) is 0 Å². The smallest absolute Gasteiger partial charge is 0.399 e. The summed E-state index contributed by atoms with van der Waals surface area (Å²) in [5, 5.41) is 0. The Kier molecular flexibility index (Phi) is 3.82. The molecule has 20 heavy (non-hydrogen) atoms. The van der Waals surface area contributed by atoms with Gasteiger partial charge in [-0.15, -0.1) is 0 Å². The van der Waals surface area contributed by atoms with Crippen LogP contribution in [0.25, 0.3) is 0 Å². The lowest BCUT2D eigenvalue weighted by molar-refractivity contribution is -0.116. The lowest BCUT2D eigenvalue weighted by Gasteiger charge is -2.32. The summed E-state index contributed by atoms with van der Waals surface area (Å²) in [6, 6.07) is 6.07. The van der Waals surface area contributed by atoms with Crippen LogP contribution in [-0.2, 0) is 20.5 Å². The van der Waals surface area contributed by atoms with Crippen LogP contribution in [-0.4, -0.2) is 24.1 Å². The number of ketones is 1. The van der Waals surface area contributed by atoms with Crippen molar-refractivity contribution in [2.75, 3.05) is 0 Å². The van der Waals surface area contributed by atoms with Crippen molar-refractivity contribution in [2.45, 2.75) is 59.2 Å². The predicted molar refractivity (Wildman–Crippen MR) is 81.3 cm³/mol. The molecule has 0 aromatic heterocycles. The van der Waals surface area contributed by atoms with Gasteiger partial charge in [0.15, 0.2) is 0 Å². The molecule has 4 heteroatoms. The number of Topliss-reactive ketones (excluding diaryl/α,β-unsaturated/α-hetero) is 1. The third-order valence-electron chi connectivity index (χ3n) is 4.34. The van der Waals surface area contributed by atoms with Gasteiger partial charge in [-0.05, 0) is 58.1 Å². The maximum atomic E-state index is 11.3. The summed E-state index contributed by atoms with van der Waals surface area (Å²) in [5.41, 5.74) is 2.46. The van der Waals surface area contributed by atoms with E-state index in [1.54, 1.807) is 6.92 Å². The third-order valence-corrected chi connectivity index (χ3v) is 4.34. The quantitative estimate of drug-likeness (QED) is 0.794. The van der Waals surface area contributed by atoms with Gasteiger partial charge >= 0.3 is 7.12 Å². The molecular formula is C16H23BO3. The van der Waals surface area contributed by atoms with Gasteiger partial charge in [-0.1, -0.05) is 18.2 Å². The summed E-state index contributed by atoms with van der Waals surface area (Å²) in [6.45, 7) is 11.8. The second kappa shape index (κ2) is 5.01. The monoisotopic (exact) mass is 274 g/mol. The zero-order valence-electron chi connectivity index (χ0n) is 13.2. The van der Waals surface area contributed by atoms with Gasteiger partial charge in [0.25, 0.3) is 0 Å². The Morgan fingerprint density at radius 2 is 1.70 bits per heavy atom. The van der Waals surface area contributed by atoms with Crippen LogP contribution < -0.4 is 5.46 Å². The molecule has 0 N–H and O–H groups in total. The highest BCUT2D eigenvalue weighted by Gasteiger charge is 2.51. The topological polar surface area (TPSA) is 35.5 Å². The Balaban J connectivity index is 2.29. The van der Waals surface area contributed by atoms with E-state index in [4.69, 9.17) is 9.31 Å². The Morgan fingerprint density at radius 1 is 1.15 bits per heavy atom. The molecular weight excluding hydrogens is 251 g/mol. The highest BCUT2D eigenvalue weighted by atomic mass is 16.7. The van der Waals surface area contributed by atoms with Gasteiger partial charge in [0.05, 0.1) is 11.2 Å². The SMILES string of the molecule is CC(=O)Cc1cc(B2OC(C)(C)C(C)(C)O2)ccc1C. The molecule has 108 valence electrons. The molecule has 1 fully saturated rings. The van der Waals surface area contributed by atoms with Crippen molar-refractivity contribution in [3.05, 3.63) is 29.3 Å². The normalized spacial score (nSPS) is 20.2. The van der Waals surface area contributed by atoms with Gasteiger partial charge in [-0.2, -0.15) is 0 Å². The van der Waals surface area contributed by atoms with E-state index in [2.05, 4.69) is 0 Å². The van der Waals surface area contributed by atoms with Gasteiger partial charge in [0.1, 0.15) is 5.78 Å². The standard InChI is InChI=1S/C16H23BO3/c1-11-7-8-14(10-13(11)9-12(2)18)17-19-15(3,4)16(5,6)20-17/h7-8,10H,9H2,1-6H3. The molecule has 2 rings (SSSR count). The van der Waals surface area contributed by atoms with Crippen molar-refractivity contribution in [3.63, 3.8) is 0 Å². The number of aryl methyl sites for hydroxylation is 1. The fourth-order valence-electron chi connectivity index (χ4n) is 2.28. The summed E-state index contributed by atoms with van der Waals surface area (Å²) in [4.78, 5) is 11.3. The van der Waals surface area contributed by atoms with Crippen molar-refractivity contribution >= 4 is 18.4 Å². The molecule has 1 aromatic rings. The molecule has 0 radical (unpaired) electrons. The van der Waals surface area contributed by atoms with Gasteiger partial charge in [0.2, 0.25) is 0 Å². The molecule has 1 aromatic carbocycles. The molecule has 0 bridgehead atoms. The van der Waals surface area contributed by atoms with Gasteiger partial charge < -0.3 is 9.31 Å². The van der Waals surface area contributed by atoms with E-state index in [9.17, 15) is 4.79 Å². The molecule has 0 aliphatic carbocycles. The van der Waals surface area contributed by atoms with E-state index in [-0.39, 0.29) is 24.1 Å². The van der Waals surface area contributed by atoms with Crippen LogP contribution in [0.1, 0.15) is 45.7 Å². The zero-order chi connectivity index (χ0) is 15.1. The molecule has 0 saturated carbocycles. The molecule has 0 unspecified atom stereocenters. The second-order valence-corrected chi connectivity index (χ2v) is 6.65. The summed E-state index contributed by atoms with van der Waals surface area (Å²) in [6.07, 6.45) is 0.458. The van der Waals surface area contributed by atoms with Gasteiger partial charge in [-0.25, -0.2) is 0 Å². The van der Waals surface area contributed by atoms with E-state index in [0.717, 1.165) is 16.6 Å². The maximum absolute atomic E-state index is 11.3. The summed E-state index contributed by atoms with van der Waals surface area (Å²) in [7, 11) is -0.369. The molecule has 0 amide bonds. The predicted octanol–water partition coefficient (Wildman–Crippen LogP) is 2.43. The Hall–Kier alpha value is -1.13. The van der Waals surface area contributed by atoms with Crippen molar-refractivity contribution in [1.29, 1.82) is 0 Å². The summed E-state index contributed by atoms with van der Waals surface area (Å²) in [5.74, 6) is 0.166. The first-order valence-corrected chi connectivity index (χ1v) is 7.07. The molecule has 1 aliphatic rings. The number of hydrogen-bond donors (Lipinski definition) is 0. The van der Waals surface area contributed by atoms with Crippen molar-refractivity contribution in [1.82, 2.24) is 0 Å². The molecule has 1 saturated heterocycles. The average Bonchev–Trinajstić information content (AvgIpc) is 2.50. The third kappa shape index (κ3) is 2.81. The number of hydrogen-bond acceptors (Lipinski definition) is 3. The molecule has 1 heterocycles. The van der Waals surface area contributed by atoms with Gasteiger partial charge in [0, 0.05) is 6.42 Å². The first-order valence-electron chi connectivity index (χ1n) is 7.07. The first kappa shape index (κ1) is 15.3. The van der Waals surface area contributed by atoms with Crippen molar-refractivity contribution < 1.29 is 14.1 Å². The largest absolute Gasteiger partial charge is 0.494 e. The van der Waals surface area contributed by atoms with Crippen LogP contribution in [0.15, 0.2) is 18.2 Å². The number of carbonyl (C=O) groups is 1. The minimum Gasteiger partial charge on any atom is -0.399 e. The van der Waals surface area contributed by atoms with E-state index in [0.29, 0.717) is 6.42 Å². The van der Waals surface area contributed by atoms with Crippen LogP contribution in [0.3, 0.4) is 0 Å². The molecule has 1 aliphatic heterocycles. The van der Waals surface area contributed by atoms with E-state index >= 15 is 0 Å². The Bertz CT molecular complexity index is 519. The van der Waals surface area contributed by atoms with Crippen LogP contribution in [0.2, 0.25) is 0 Å². The fraction of sp³-hybridized carbons (Fsp3) is 0.562. The molecule has 3 nitrogen and oxygen atoms in total. The highest BCUT2D eigenvalue weighted by molar-refractivity contribution is 6.62. The minimum atomic E-state index is -0.369. The first-order chi connectivity index (χ1) is 9.12. The molecule has 0 spiro atoms. The van der Waals surface area contributed by atoms with Crippen LogP contribution in [0, 0.1) is 6.92 Å². The lowest BCUT2D eigenvalue weighted by Crippen LogP contribution is -2.41. The van der Waals surface area contributed by atoms with Crippen molar-refractivity contribution in [2.24, 2.45) is 0 Å². The van der Waals surface area contributed by atoms with E-state index in [1.807, 2.05) is 52.8 Å². The van der Waals surface area contributed by atoms with Crippen LogP contribution >= 0.6 is 0 Å². The number of carbonyl (C=O) groups excluding carboxylic acids is 1. The van der Waals surface area contributed by atoms with Crippen LogP contribution in [0.5, 0.6) is 0 Å². The Morgan fingerprint density at radius 3 is 2.20 bits per heavy atom. The van der Waals surface area contributed by atoms with Crippen molar-refractivity contribution in [3.8, 4) is 0 Å². The zero-order valence-corrected chi connectivity index (χ0v) is 13.2. The molecule has 0 atom stereocenters. The number of benzene rings is 1. The summed E-state index contributed by atoms with van der Waals surface area (Å²) >= 11 is 0. The highest BCUT2D eigenvalue weighted by Crippen LogP contribution is 2.36. The average molecular weight is 274 g/mol. The fourth-order valence-corrected chi connectivity index (χ4v) is 2.28.